The lowest BCUT2D eigenvalue weighted by molar-refractivity contribution is -0.132. The van der Waals surface area contributed by atoms with Gasteiger partial charge in [-0.05, 0) is 6.42 Å². The summed E-state index contributed by atoms with van der Waals surface area (Å²) in [6.07, 6.45) is 2.01. The van der Waals surface area contributed by atoms with Crippen LogP contribution in [0.1, 0.15) is 6.42 Å². The third kappa shape index (κ3) is 3.32. The Bertz CT molecular complexity index is 336. The van der Waals surface area contributed by atoms with Crippen molar-refractivity contribution in [3.63, 3.8) is 0 Å². The van der Waals surface area contributed by atoms with E-state index in [-0.39, 0.29) is 30.5 Å². The van der Waals surface area contributed by atoms with E-state index < -0.39 is 15.9 Å². The molecule has 1 fully saturated rings. The van der Waals surface area contributed by atoms with Gasteiger partial charge in [0.05, 0.1) is 17.5 Å². The van der Waals surface area contributed by atoms with Crippen LogP contribution in [0.5, 0.6) is 0 Å². The van der Waals surface area contributed by atoms with Gasteiger partial charge >= 0.3 is 0 Å². The second-order valence-corrected chi connectivity index (χ2v) is 5.91. The zero-order valence-corrected chi connectivity index (χ0v) is 9.37. The third-order valence-corrected chi connectivity index (χ3v) is 4.00. The first kappa shape index (κ1) is 12.2. The summed E-state index contributed by atoms with van der Waals surface area (Å²) in [5, 5.41) is 0. The molecule has 1 heterocycles. The quantitative estimate of drug-likeness (QED) is 0.642. The smallest absolute Gasteiger partial charge is 0.239 e. The monoisotopic (exact) mass is 232 g/mol. The van der Waals surface area contributed by atoms with E-state index in [1.54, 1.807) is 6.08 Å². The van der Waals surface area contributed by atoms with Gasteiger partial charge in [-0.1, -0.05) is 6.08 Å². The Kier molecular flexibility index (Phi) is 3.87. The predicted molar refractivity (Wildman–Crippen MR) is 58.0 cm³/mol. The largest absolute Gasteiger partial charge is 0.339 e. The molecule has 0 spiro atoms. The Morgan fingerprint density at radius 3 is 2.47 bits per heavy atom. The minimum atomic E-state index is -2.94. The molecule has 1 saturated heterocycles. The highest BCUT2D eigenvalue weighted by molar-refractivity contribution is 7.91. The van der Waals surface area contributed by atoms with Crippen LogP contribution in [-0.2, 0) is 14.6 Å². The van der Waals surface area contributed by atoms with Gasteiger partial charge < -0.3 is 10.6 Å². The minimum Gasteiger partial charge on any atom is -0.339 e. The summed E-state index contributed by atoms with van der Waals surface area (Å²) >= 11 is 0. The molecule has 2 N–H and O–H groups in total. The summed E-state index contributed by atoms with van der Waals surface area (Å²) in [5.41, 5.74) is 5.61. The van der Waals surface area contributed by atoms with Gasteiger partial charge in [-0.3, -0.25) is 4.79 Å². The molecule has 0 aromatic carbocycles. The Labute approximate surface area is 89.8 Å². The second kappa shape index (κ2) is 4.76. The lowest BCUT2D eigenvalue weighted by Gasteiger charge is -2.28. The maximum atomic E-state index is 11.7. The first-order valence-electron chi connectivity index (χ1n) is 4.82. The molecule has 0 saturated carbocycles. The van der Waals surface area contributed by atoms with Crippen LogP contribution < -0.4 is 5.73 Å². The van der Waals surface area contributed by atoms with E-state index in [0.29, 0.717) is 6.42 Å². The Morgan fingerprint density at radius 1 is 1.47 bits per heavy atom. The number of rotatable bonds is 3. The minimum absolute atomic E-state index is 0.0412. The van der Waals surface area contributed by atoms with Crippen LogP contribution in [0.25, 0.3) is 0 Å². The van der Waals surface area contributed by atoms with E-state index in [1.807, 2.05) is 0 Å². The summed E-state index contributed by atoms with van der Waals surface area (Å²) in [5.74, 6) is -0.108. The van der Waals surface area contributed by atoms with E-state index in [1.165, 1.54) is 4.90 Å². The Hall–Kier alpha value is -0.880. The van der Waals surface area contributed by atoms with Crippen LogP contribution in [0.2, 0.25) is 0 Å². The first-order valence-corrected chi connectivity index (χ1v) is 6.64. The lowest BCUT2D eigenvalue weighted by Crippen LogP contribution is -2.50. The molecular formula is C9H16N2O3S. The molecule has 0 bridgehead atoms. The molecule has 86 valence electrons. The van der Waals surface area contributed by atoms with Crippen molar-refractivity contribution in [3.05, 3.63) is 12.7 Å². The molecule has 6 heteroatoms. The fourth-order valence-corrected chi connectivity index (χ4v) is 2.65. The molecule has 1 rings (SSSR count). The first-order chi connectivity index (χ1) is 6.96. The summed E-state index contributed by atoms with van der Waals surface area (Å²) in [7, 11) is -2.94. The highest BCUT2D eigenvalue weighted by atomic mass is 32.2. The van der Waals surface area contributed by atoms with Crippen LogP contribution in [0, 0.1) is 0 Å². The number of amides is 1. The summed E-state index contributed by atoms with van der Waals surface area (Å²) in [4.78, 5) is 13.2. The zero-order valence-electron chi connectivity index (χ0n) is 8.55. The molecule has 5 nitrogen and oxygen atoms in total. The summed E-state index contributed by atoms with van der Waals surface area (Å²) in [6.45, 7) is 4.02. The maximum Gasteiger partial charge on any atom is 0.239 e. The molecule has 1 aliphatic rings. The number of nitrogens with zero attached hydrogens (tertiary/aromatic N) is 1. The number of nitrogens with two attached hydrogens (primary N) is 1. The van der Waals surface area contributed by atoms with Gasteiger partial charge in [0.2, 0.25) is 5.91 Å². The van der Waals surface area contributed by atoms with Gasteiger partial charge in [0, 0.05) is 13.1 Å². The fourth-order valence-electron chi connectivity index (χ4n) is 1.45. The number of carbonyl (C=O) groups is 1. The number of carbonyl (C=O) groups excluding carboxylic acids is 1. The topological polar surface area (TPSA) is 80.5 Å². The van der Waals surface area contributed by atoms with Crippen molar-refractivity contribution >= 4 is 15.7 Å². The standard InChI is InChI=1S/C9H16N2O3S/c1-2-3-8(10)9(12)11-4-6-15(13,14)7-5-11/h2,8H,1,3-7,10H2. The van der Waals surface area contributed by atoms with Crippen LogP contribution in [0.4, 0.5) is 0 Å². The van der Waals surface area contributed by atoms with Crippen molar-refractivity contribution in [2.75, 3.05) is 24.6 Å². The molecule has 0 aromatic heterocycles. The van der Waals surface area contributed by atoms with Gasteiger partial charge in [-0.2, -0.15) is 0 Å². The summed E-state index contributed by atoms with van der Waals surface area (Å²) < 4.78 is 22.3. The average Bonchev–Trinajstić information content (AvgIpc) is 2.17. The van der Waals surface area contributed by atoms with Gasteiger partial charge in [0.15, 0.2) is 9.84 Å². The van der Waals surface area contributed by atoms with Crippen molar-refractivity contribution in [1.29, 1.82) is 0 Å². The number of hydrogen-bond acceptors (Lipinski definition) is 4. The van der Waals surface area contributed by atoms with Crippen LogP contribution >= 0.6 is 0 Å². The Morgan fingerprint density at radius 2 is 2.00 bits per heavy atom. The lowest BCUT2D eigenvalue weighted by atomic mass is 10.2. The molecule has 1 amide bonds. The van der Waals surface area contributed by atoms with Crippen LogP contribution in [-0.4, -0.2) is 49.9 Å². The molecule has 1 unspecified atom stereocenters. The van der Waals surface area contributed by atoms with E-state index in [0.717, 1.165) is 0 Å². The van der Waals surface area contributed by atoms with Gasteiger partial charge in [-0.15, -0.1) is 6.58 Å². The van der Waals surface area contributed by atoms with Crippen molar-refractivity contribution in [2.24, 2.45) is 5.73 Å². The predicted octanol–water partition coefficient (Wildman–Crippen LogP) is -0.853. The van der Waals surface area contributed by atoms with Gasteiger partial charge in [0.25, 0.3) is 0 Å². The third-order valence-electron chi connectivity index (χ3n) is 2.39. The average molecular weight is 232 g/mol. The van der Waals surface area contributed by atoms with Crippen LogP contribution in [0.15, 0.2) is 12.7 Å². The number of sulfone groups is 1. The van der Waals surface area contributed by atoms with Gasteiger partial charge in [0.1, 0.15) is 0 Å². The van der Waals surface area contributed by atoms with Crippen LogP contribution in [0.3, 0.4) is 0 Å². The molecule has 15 heavy (non-hydrogen) atoms. The maximum absolute atomic E-state index is 11.7. The van der Waals surface area contributed by atoms with Gasteiger partial charge in [-0.25, -0.2) is 8.42 Å². The van der Waals surface area contributed by atoms with Crippen molar-refractivity contribution in [3.8, 4) is 0 Å². The fraction of sp³-hybridized carbons (Fsp3) is 0.667. The zero-order chi connectivity index (χ0) is 11.5. The SMILES string of the molecule is C=CCC(N)C(=O)N1CCS(=O)(=O)CC1. The van der Waals surface area contributed by atoms with Crippen molar-refractivity contribution in [2.45, 2.75) is 12.5 Å². The molecule has 0 aliphatic carbocycles. The molecule has 1 aliphatic heterocycles. The molecule has 0 radical (unpaired) electrons. The normalized spacial score (nSPS) is 22.1. The Balaban J connectivity index is 2.53. The second-order valence-electron chi connectivity index (χ2n) is 3.61. The van der Waals surface area contributed by atoms with E-state index >= 15 is 0 Å². The summed E-state index contributed by atoms with van der Waals surface area (Å²) in [6, 6.07) is -0.594. The molecular weight excluding hydrogens is 216 g/mol. The molecule has 0 aromatic rings. The van der Waals surface area contributed by atoms with Crippen molar-refractivity contribution < 1.29 is 13.2 Å². The molecule has 1 atom stereocenters. The van der Waals surface area contributed by atoms with E-state index in [9.17, 15) is 13.2 Å². The van der Waals surface area contributed by atoms with E-state index in [2.05, 4.69) is 6.58 Å². The number of hydrogen-bond donors (Lipinski definition) is 1. The highest BCUT2D eigenvalue weighted by Crippen LogP contribution is 2.06. The van der Waals surface area contributed by atoms with E-state index in [4.69, 9.17) is 5.73 Å². The van der Waals surface area contributed by atoms with Crippen molar-refractivity contribution in [1.82, 2.24) is 4.90 Å². The highest BCUT2D eigenvalue weighted by Gasteiger charge is 2.27.